The van der Waals surface area contributed by atoms with Gasteiger partial charge in [0.15, 0.2) is 0 Å². The van der Waals surface area contributed by atoms with Crippen LogP contribution in [0.15, 0.2) is 54.7 Å². The monoisotopic (exact) mass is 338 g/mol. The number of nitrogens with one attached hydrogen (secondary N) is 2. The van der Waals surface area contributed by atoms with E-state index in [1.54, 1.807) is 6.20 Å². The van der Waals surface area contributed by atoms with Crippen molar-refractivity contribution in [3.8, 4) is 0 Å². The second kappa shape index (κ2) is 7.32. The average molecular weight is 339 g/mol. The molecular weight excluding hydrogens is 320 g/mol. The first-order chi connectivity index (χ1) is 11.6. The molecule has 2 N–H and O–H groups in total. The Morgan fingerprint density at radius 1 is 1.04 bits per heavy atom. The Morgan fingerprint density at radius 3 is 2.75 bits per heavy atom. The first-order valence-electron chi connectivity index (χ1n) is 7.76. The molecule has 0 aliphatic carbocycles. The van der Waals surface area contributed by atoms with E-state index in [2.05, 4.69) is 51.8 Å². The van der Waals surface area contributed by atoms with Gasteiger partial charge in [0.1, 0.15) is 5.82 Å². The molecular formula is C19H19ClN4. The van der Waals surface area contributed by atoms with Gasteiger partial charge in [0.25, 0.3) is 0 Å². The van der Waals surface area contributed by atoms with Crippen molar-refractivity contribution >= 4 is 29.1 Å². The van der Waals surface area contributed by atoms with E-state index in [0.29, 0.717) is 17.5 Å². The summed E-state index contributed by atoms with van der Waals surface area (Å²) in [4.78, 5) is 8.77. The fourth-order valence-electron chi connectivity index (χ4n) is 2.38. The molecule has 1 aromatic heterocycles. The Kier molecular flexibility index (Phi) is 4.96. The van der Waals surface area contributed by atoms with Crippen LogP contribution < -0.4 is 10.6 Å². The molecule has 0 unspecified atom stereocenters. The van der Waals surface area contributed by atoms with Crippen LogP contribution in [0.1, 0.15) is 16.7 Å². The van der Waals surface area contributed by atoms with Crippen molar-refractivity contribution in [3.63, 3.8) is 0 Å². The van der Waals surface area contributed by atoms with Crippen LogP contribution in [0.2, 0.25) is 5.02 Å². The molecule has 0 fully saturated rings. The summed E-state index contributed by atoms with van der Waals surface area (Å²) in [6, 6.07) is 15.9. The van der Waals surface area contributed by atoms with Crippen LogP contribution in [0, 0.1) is 13.8 Å². The lowest BCUT2D eigenvalue weighted by Gasteiger charge is -2.10. The Labute approximate surface area is 146 Å². The standard InChI is InChI=1S/C19H19ClN4/c1-13-4-3-5-15(10-13)12-22-18-8-9-21-19(24-18)23-17-11-16(20)7-6-14(17)2/h3-11H,12H2,1-2H3,(H2,21,22,23,24). The summed E-state index contributed by atoms with van der Waals surface area (Å²) in [5, 5.41) is 7.21. The topological polar surface area (TPSA) is 49.8 Å². The maximum atomic E-state index is 6.05. The summed E-state index contributed by atoms with van der Waals surface area (Å²) in [5.74, 6) is 1.31. The molecule has 122 valence electrons. The third-order valence-electron chi connectivity index (χ3n) is 3.66. The summed E-state index contributed by atoms with van der Waals surface area (Å²) >= 11 is 6.05. The van der Waals surface area contributed by atoms with Gasteiger partial charge in [-0.05, 0) is 43.2 Å². The number of aryl methyl sites for hydroxylation is 2. The van der Waals surface area contributed by atoms with Gasteiger partial charge in [0.2, 0.25) is 5.95 Å². The zero-order valence-electron chi connectivity index (χ0n) is 13.7. The van der Waals surface area contributed by atoms with Gasteiger partial charge >= 0.3 is 0 Å². The third kappa shape index (κ3) is 4.24. The molecule has 5 heteroatoms. The number of anilines is 3. The first kappa shape index (κ1) is 16.3. The van der Waals surface area contributed by atoms with Crippen LogP contribution in [0.5, 0.6) is 0 Å². The van der Waals surface area contributed by atoms with Crippen molar-refractivity contribution in [2.75, 3.05) is 10.6 Å². The third-order valence-corrected chi connectivity index (χ3v) is 3.89. The summed E-state index contributed by atoms with van der Waals surface area (Å²) in [6.07, 6.45) is 1.73. The van der Waals surface area contributed by atoms with E-state index >= 15 is 0 Å². The highest BCUT2D eigenvalue weighted by Crippen LogP contribution is 2.23. The molecule has 0 saturated heterocycles. The zero-order chi connectivity index (χ0) is 16.9. The minimum absolute atomic E-state index is 0.537. The van der Waals surface area contributed by atoms with Crippen molar-refractivity contribution in [2.45, 2.75) is 20.4 Å². The molecule has 0 atom stereocenters. The molecule has 0 saturated carbocycles. The van der Waals surface area contributed by atoms with Gasteiger partial charge in [0.05, 0.1) is 0 Å². The van der Waals surface area contributed by atoms with E-state index in [4.69, 9.17) is 11.6 Å². The number of hydrogen-bond acceptors (Lipinski definition) is 4. The van der Waals surface area contributed by atoms with Crippen LogP contribution >= 0.6 is 11.6 Å². The molecule has 0 aliphatic rings. The molecule has 4 nitrogen and oxygen atoms in total. The lowest BCUT2D eigenvalue weighted by molar-refractivity contribution is 1.08. The minimum Gasteiger partial charge on any atom is -0.366 e. The quantitative estimate of drug-likeness (QED) is 0.679. The van der Waals surface area contributed by atoms with Crippen LogP contribution in [0.3, 0.4) is 0 Å². The number of nitrogens with zero attached hydrogens (tertiary/aromatic N) is 2. The highest BCUT2D eigenvalue weighted by Gasteiger charge is 2.04. The molecule has 24 heavy (non-hydrogen) atoms. The van der Waals surface area contributed by atoms with Crippen molar-refractivity contribution in [1.82, 2.24) is 9.97 Å². The SMILES string of the molecule is Cc1cccc(CNc2ccnc(Nc3cc(Cl)ccc3C)n2)c1. The van der Waals surface area contributed by atoms with E-state index in [-0.39, 0.29) is 0 Å². The number of hydrogen-bond donors (Lipinski definition) is 2. The van der Waals surface area contributed by atoms with Gasteiger partial charge in [-0.25, -0.2) is 4.98 Å². The van der Waals surface area contributed by atoms with Crippen molar-refractivity contribution < 1.29 is 0 Å². The largest absolute Gasteiger partial charge is 0.366 e. The fraction of sp³-hybridized carbons (Fsp3) is 0.158. The van der Waals surface area contributed by atoms with Crippen LogP contribution in [-0.4, -0.2) is 9.97 Å². The Balaban J connectivity index is 1.71. The van der Waals surface area contributed by atoms with Gasteiger partial charge < -0.3 is 10.6 Å². The highest BCUT2D eigenvalue weighted by molar-refractivity contribution is 6.30. The molecule has 0 radical (unpaired) electrons. The molecule has 0 amide bonds. The van der Waals surface area contributed by atoms with Crippen molar-refractivity contribution in [2.24, 2.45) is 0 Å². The highest BCUT2D eigenvalue weighted by atomic mass is 35.5. The van der Waals surface area contributed by atoms with Gasteiger partial charge in [-0.1, -0.05) is 47.5 Å². The smallest absolute Gasteiger partial charge is 0.229 e. The molecule has 2 aromatic carbocycles. The predicted molar refractivity (Wildman–Crippen MR) is 100 cm³/mol. The average Bonchev–Trinajstić information content (AvgIpc) is 2.57. The first-order valence-corrected chi connectivity index (χ1v) is 8.13. The second-order valence-electron chi connectivity index (χ2n) is 5.69. The zero-order valence-corrected chi connectivity index (χ0v) is 14.4. The molecule has 0 aliphatic heterocycles. The summed E-state index contributed by atoms with van der Waals surface area (Å²) in [7, 11) is 0. The molecule has 3 rings (SSSR count). The molecule has 3 aromatic rings. The van der Waals surface area contributed by atoms with Crippen molar-refractivity contribution in [3.05, 3.63) is 76.4 Å². The Morgan fingerprint density at radius 2 is 1.92 bits per heavy atom. The number of rotatable bonds is 5. The van der Waals surface area contributed by atoms with Crippen molar-refractivity contribution in [1.29, 1.82) is 0 Å². The maximum absolute atomic E-state index is 6.05. The van der Waals surface area contributed by atoms with E-state index < -0.39 is 0 Å². The van der Waals surface area contributed by atoms with E-state index in [1.165, 1.54) is 11.1 Å². The minimum atomic E-state index is 0.537. The van der Waals surface area contributed by atoms with Crippen LogP contribution in [0.25, 0.3) is 0 Å². The van der Waals surface area contributed by atoms with Gasteiger partial charge in [-0.2, -0.15) is 4.98 Å². The van der Waals surface area contributed by atoms with Gasteiger partial charge in [-0.15, -0.1) is 0 Å². The fourth-order valence-corrected chi connectivity index (χ4v) is 2.55. The Bertz CT molecular complexity index is 848. The summed E-state index contributed by atoms with van der Waals surface area (Å²) in [6.45, 7) is 4.82. The Hall–Kier alpha value is -2.59. The number of benzene rings is 2. The lowest BCUT2D eigenvalue weighted by atomic mass is 10.1. The van der Waals surface area contributed by atoms with E-state index in [1.807, 2.05) is 31.2 Å². The lowest BCUT2D eigenvalue weighted by Crippen LogP contribution is -2.04. The molecule has 0 bridgehead atoms. The summed E-state index contributed by atoms with van der Waals surface area (Å²) < 4.78 is 0. The van der Waals surface area contributed by atoms with Crippen LogP contribution in [-0.2, 0) is 6.54 Å². The molecule has 1 heterocycles. The maximum Gasteiger partial charge on any atom is 0.229 e. The molecule has 0 spiro atoms. The van der Waals surface area contributed by atoms with E-state index in [9.17, 15) is 0 Å². The number of halogens is 1. The van der Waals surface area contributed by atoms with Gasteiger partial charge in [-0.3, -0.25) is 0 Å². The number of aromatic nitrogens is 2. The van der Waals surface area contributed by atoms with Crippen LogP contribution in [0.4, 0.5) is 17.5 Å². The normalized spacial score (nSPS) is 10.5. The van der Waals surface area contributed by atoms with Gasteiger partial charge in [0, 0.05) is 23.5 Å². The summed E-state index contributed by atoms with van der Waals surface area (Å²) in [5.41, 5.74) is 4.45. The van der Waals surface area contributed by atoms with E-state index in [0.717, 1.165) is 17.1 Å². The second-order valence-corrected chi connectivity index (χ2v) is 6.13. The predicted octanol–water partition coefficient (Wildman–Crippen LogP) is 5.10.